The molecule has 0 bridgehead atoms. The maximum atomic E-state index is 11.7. The van der Waals surface area contributed by atoms with Gasteiger partial charge in [-0.15, -0.1) is 0 Å². The van der Waals surface area contributed by atoms with Crippen LogP contribution in [0.2, 0.25) is 0 Å². The molecular weight excluding hydrogens is 258 g/mol. The number of fused-ring (bicyclic) bond motifs is 1. The van der Waals surface area contributed by atoms with Gasteiger partial charge in [-0.25, -0.2) is 0 Å². The Morgan fingerprint density at radius 3 is 2.90 bits per heavy atom. The third-order valence-corrected chi connectivity index (χ3v) is 3.45. The molecule has 1 atom stereocenters. The second kappa shape index (κ2) is 5.00. The third kappa shape index (κ3) is 2.39. The fraction of sp³-hybridized carbons (Fsp3) is 0.333. The van der Waals surface area contributed by atoms with Crippen molar-refractivity contribution in [2.75, 3.05) is 6.79 Å². The molecule has 1 aromatic rings. The Kier molecular flexibility index (Phi) is 3.18. The number of carbonyl (C=O) groups excluding carboxylic acids is 2. The summed E-state index contributed by atoms with van der Waals surface area (Å²) in [7, 11) is 0. The zero-order chi connectivity index (χ0) is 14.1. The number of nitrogens with one attached hydrogen (secondary N) is 1. The van der Waals surface area contributed by atoms with Crippen LogP contribution in [-0.4, -0.2) is 24.5 Å². The summed E-state index contributed by atoms with van der Waals surface area (Å²) in [5.74, 6) is 1.35. The summed E-state index contributed by atoms with van der Waals surface area (Å²) in [6, 6.07) is 5.42. The first-order chi connectivity index (χ1) is 9.63. The molecule has 104 valence electrons. The Morgan fingerprint density at radius 1 is 1.30 bits per heavy atom. The zero-order valence-corrected chi connectivity index (χ0v) is 11.1. The molecule has 0 radical (unpaired) electrons. The summed E-state index contributed by atoms with van der Waals surface area (Å²) < 4.78 is 10.6. The van der Waals surface area contributed by atoms with E-state index in [9.17, 15) is 9.59 Å². The van der Waals surface area contributed by atoms with Crippen molar-refractivity contribution in [2.24, 2.45) is 0 Å². The van der Waals surface area contributed by atoms with Gasteiger partial charge < -0.3 is 14.8 Å². The van der Waals surface area contributed by atoms with Crippen molar-refractivity contribution in [3.05, 3.63) is 29.8 Å². The number of ether oxygens (including phenoxy) is 2. The maximum Gasteiger partial charge on any atom is 0.231 e. The van der Waals surface area contributed by atoms with E-state index in [1.54, 1.807) is 6.08 Å². The van der Waals surface area contributed by atoms with Gasteiger partial charge in [-0.2, -0.15) is 0 Å². The van der Waals surface area contributed by atoms with E-state index in [1.165, 1.54) is 6.92 Å². The molecule has 1 aliphatic heterocycles. The quantitative estimate of drug-likeness (QED) is 0.890. The molecule has 3 rings (SSSR count). The highest BCUT2D eigenvalue weighted by atomic mass is 16.7. The number of hydrogen-bond acceptors (Lipinski definition) is 4. The van der Waals surface area contributed by atoms with Crippen molar-refractivity contribution >= 4 is 17.3 Å². The van der Waals surface area contributed by atoms with Crippen LogP contribution in [0.1, 0.15) is 25.3 Å². The molecule has 5 heteroatoms. The van der Waals surface area contributed by atoms with E-state index in [1.807, 2.05) is 18.2 Å². The predicted molar refractivity (Wildman–Crippen MR) is 72.4 cm³/mol. The molecule has 20 heavy (non-hydrogen) atoms. The van der Waals surface area contributed by atoms with E-state index < -0.39 is 0 Å². The topological polar surface area (TPSA) is 64.6 Å². The summed E-state index contributed by atoms with van der Waals surface area (Å²) in [6.45, 7) is 1.69. The molecule has 1 amide bonds. The molecule has 0 saturated heterocycles. The Hall–Kier alpha value is -2.30. The minimum atomic E-state index is -0.134. The van der Waals surface area contributed by atoms with E-state index in [4.69, 9.17) is 9.47 Å². The van der Waals surface area contributed by atoms with Gasteiger partial charge in [-0.1, -0.05) is 6.07 Å². The van der Waals surface area contributed by atoms with Crippen LogP contribution in [0.15, 0.2) is 24.3 Å². The molecule has 1 aromatic carbocycles. The number of benzene rings is 1. The Bertz CT molecular complexity index is 606. The van der Waals surface area contributed by atoms with Crippen LogP contribution in [0.3, 0.4) is 0 Å². The summed E-state index contributed by atoms with van der Waals surface area (Å²) in [5.41, 5.74) is 1.70. The number of carbonyl (C=O) groups is 2. The van der Waals surface area contributed by atoms with Crippen LogP contribution in [0.5, 0.6) is 11.5 Å². The molecule has 0 saturated carbocycles. The van der Waals surface area contributed by atoms with Gasteiger partial charge in [0.15, 0.2) is 17.3 Å². The SMILES string of the molecule is CC(=O)N[C@@H]1CCC(=O)C=C1c1ccc2c(c1)OCO2. The summed E-state index contributed by atoms with van der Waals surface area (Å²) in [6.07, 6.45) is 2.69. The van der Waals surface area contributed by atoms with E-state index in [0.717, 1.165) is 11.1 Å². The first-order valence-electron chi connectivity index (χ1n) is 6.55. The summed E-state index contributed by atoms with van der Waals surface area (Å²) >= 11 is 0. The number of rotatable bonds is 2. The first-order valence-corrected chi connectivity index (χ1v) is 6.55. The lowest BCUT2D eigenvalue weighted by molar-refractivity contribution is -0.120. The van der Waals surface area contributed by atoms with Crippen LogP contribution in [-0.2, 0) is 9.59 Å². The van der Waals surface area contributed by atoms with Crippen LogP contribution in [0.4, 0.5) is 0 Å². The summed E-state index contributed by atoms with van der Waals surface area (Å²) in [4.78, 5) is 23.0. The highest BCUT2D eigenvalue weighted by Crippen LogP contribution is 2.36. The average Bonchev–Trinajstić information content (AvgIpc) is 2.87. The Labute approximate surface area is 116 Å². The van der Waals surface area contributed by atoms with Gasteiger partial charge in [0.05, 0.1) is 6.04 Å². The lowest BCUT2D eigenvalue weighted by Crippen LogP contribution is -2.36. The minimum absolute atomic E-state index is 0.0827. The molecule has 0 unspecified atom stereocenters. The number of ketones is 1. The highest BCUT2D eigenvalue weighted by molar-refractivity contribution is 6.00. The second-order valence-corrected chi connectivity index (χ2v) is 4.93. The maximum absolute atomic E-state index is 11.7. The van der Waals surface area contributed by atoms with Gasteiger partial charge >= 0.3 is 0 Å². The third-order valence-electron chi connectivity index (χ3n) is 3.45. The molecule has 1 aliphatic carbocycles. The van der Waals surface area contributed by atoms with Gasteiger partial charge in [0.2, 0.25) is 12.7 Å². The van der Waals surface area contributed by atoms with Crippen LogP contribution in [0.25, 0.3) is 5.57 Å². The molecular formula is C15H15NO4. The molecule has 1 N–H and O–H groups in total. The van der Waals surface area contributed by atoms with Gasteiger partial charge in [0.1, 0.15) is 0 Å². The molecule has 0 spiro atoms. The largest absolute Gasteiger partial charge is 0.454 e. The van der Waals surface area contributed by atoms with Crippen LogP contribution in [0, 0.1) is 0 Å². The highest BCUT2D eigenvalue weighted by Gasteiger charge is 2.25. The van der Waals surface area contributed by atoms with Crippen LogP contribution >= 0.6 is 0 Å². The van der Waals surface area contributed by atoms with Gasteiger partial charge in [0, 0.05) is 13.3 Å². The van der Waals surface area contributed by atoms with Crippen LogP contribution < -0.4 is 14.8 Å². The predicted octanol–water partition coefficient (Wildman–Crippen LogP) is 1.67. The lowest BCUT2D eigenvalue weighted by Gasteiger charge is -2.24. The van der Waals surface area contributed by atoms with E-state index in [-0.39, 0.29) is 24.5 Å². The molecule has 2 aliphatic rings. The molecule has 1 heterocycles. The zero-order valence-electron chi connectivity index (χ0n) is 11.1. The lowest BCUT2D eigenvalue weighted by atomic mass is 9.88. The van der Waals surface area contributed by atoms with Gasteiger partial charge in [-0.05, 0) is 35.8 Å². The second-order valence-electron chi connectivity index (χ2n) is 4.93. The van der Waals surface area contributed by atoms with Gasteiger partial charge in [0.25, 0.3) is 0 Å². The number of allylic oxidation sites excluding steroid dienone is 1. The Morgan fingerprint density at radius 2 is 2.10 bits per heavy atom. The van der Waals surface area contributed by atoms with Crippen molar-refractivity contribution in [2.45, 2.75) is 25.8 Å². The Balaban J connectivity index is 1.96. The van der Waals surface area contributed by atoms with E-state index >= 15 is 0 Å². The fourth-order valence-corrected chi connectivity index (χ4v) is 2.54. The normalized spacial score (nSPS) is 20.6. The fourth-order valence-electron chi connectivity index (χ4n) is 2.54. The van der Waals surface area contributed by atoms with E-state index in [2.05, 4.69) is 5.32 Å². The first kappa shape index (κ1) is 12.7. The molecule has 5 nitrogen and oxygen atoms in total. The monoisotopic (exact) mass is 273 g/mol. The molecule has 0 fully saturated rings. The van der Waals surface area contributed by atoms with Crippen molar-refractivity contribution in [1.82, 2.24) is 5.32 Å². The minimum Gasteiger partial charge on any atom is -0.454 e. The molecule has 0 aromatic heterocycles. The summed E-state index contributed by atoms with van der Waals surface area (Å²) in [5, 5.41) is 2.89. The smallest absolute Gasteiger partial charge is 0.231 e. The van der Waals surface area contributed by atoms with Crippen molar-refractivity contribution in [1.29, 1.82) is 0 Å². The standard InChI is InChI=1S/C15H15NO4/c1-9(17)16-13-4-3-11(18)7-12(13)10-2-5-14-15(6-10)20-8-19-14/h2,5-7,13H,3-4,8H2,1H3,(H,16,17)/t13-/m1/s1. The van der Waals surface area contributed by atoms with E-state index in [0.29, 0.717) is 24.3 Å². The number of amides is 1. The van der Waals surface area contributed by atoms with Gasteiger partial charge in [-0.3, -0.25) is 9.59 Å². The van der Waals surface area contributed by atoms with Crippen molar-refractivity contribution in [3.63, 3.8) is 0 Å². The average molecular weight is 273 g/mol. The van der Waals surface area contributed by atoms with Crippen molar-refractivity contribution in [3.8, 4) is 11.5 Å². The van der Waals surface area contributed by atoms with Crippen molar-refractivity contribution < 1.29 is 19.1 Å². The number of hydrogen-bond donors (Lipinski definition) is 1.